The molecule has 0 heterocycles. The molecule has 1 aromatic carbocycles. The zero-order valence-electron chi connectivity index (χ0n) is 12.5. The molecule has 0 saturated heterocycles. The minimum absolute atomic E-state index is 0.400. The van der Waals surface area contributed by atoms with E-state index < -0.39 is 17.3 Å². The van der Waals surface area contributed by atoms with Crippen LogP contribution in [-0.4, -0.2) is 23.8 Å². The molecule has 1 aromatic rings. The van der Waals surface area contributed by atoms with E-state index in [1.165, 1.54) is 4.90 Å². The van der Waals surface area contributed by atoms with Crippen molar-refractivity contribution in [2.24, 2.45) is 0 Å². The molecule has 0 bridgehead atoms. The molecule has 1 N–H and O–H groups in total. The quantitative estimate of drug-likeness (QED) is 0.892. The molecule has 1 amide bonds. The molecule has 0 aliphatic carbocycles. The number of hydrogen-bond donors (Lipinski definition) is 1. The van der Waals surface area contributed by atoms with Crippen molar-refractivity contribution in [2.45, 2.75) is 45.8 Å². The molecule has 1 rings (SSSR count). The van der Waals surface area contributed by atoms with Crippen LogP contribution in [0.2, 0.25) is 0 Å². The Balaban J connectivity index is 2.84. The Labute approximate surface area is 115 Å². The van der Waals surface area contributed by atoms with Crippen molar-refractivity contribution in [3.63, 3.8) is 0 Å². The van der Waals surface area contributed by atoms with Crippen molar-refractivity contribution >= 4 is 11.8 Å². The Morgan fingerprint density at radius 1 is 1.11 bits per heavy atom. The summed E-state index contributed by atoms with van der Waals surface area (Å²) in [7, 11) is 1.66. The number of hydrogen-bond acceptors (Lipinski definition) is 3. The lowest BCUT2D eigenvalue weighted by atomic mass is 9.98. The summed E-state index contributed by atoms with van der Waals surface area (Å²) in [5.41, 5.74) is 0.123. The van der Waals surface area contributed by atoms with E-state index in [1.807, 2.05) is 20.8 Å². The van der Waals surface area contributed by atoms with Crippen molar-refractivity contribution in [1.82, 2.24) is 0 Å². The first kappa shape index (κ1) is 15.5. The van der Waals surface area contributed by atoms with Crippen LogP contribution in [0.3, 0.4) is 0 Å². The van der Waals surface area contributed by atoms with Gasteiger partial charge in [-0.05, 0) is 52.3 Å². The second-order valence-electron chi connectivity index (χ2n) is 6.15. The molecule has 4 heteroatoms. The minimum Gasteiger partial charge on any atom is -0.443 e. The molecule has 0 spiro atoms. The van der Waals surface area contributed by atoms with Gasteiger partial charge in [0.2, 0.25) is 0 Å². The maximum atomic E-state index is 11.9. The Morgan fingerprint density at radius 2 is 1.58 bits per heavy atom. The fourth-order valence-electron chi connectivity index (χ4n) is 1.53. The number of carbonyl (C=O) groups is 1. The lowest BCUT2D eigenvalue weighted by Gasteiger charge is -2.25. The van der Waals surface area contributed by atoms with Gasteiger partial charge in [0.15, 0.2) is 0 Å². The first-order valence-corrected chi connectivity index (χ1v) is 6.30. The van der Waals surface area contributed by atoms with Crippen LogP contribution in [0.4, 0.5) is 10.5 Å². The van der Waals surface area contributed by atoms with Crippen molar-refractivity contribution < 1.29 is 14.6 Å². The van der Waals surface area contributed by atoms with Crippen LogP contribution in [0.15, 0.2) is 24.3 Å². The number of ether oxygens (including phenoxy) is 1. The smallest absolute Gasteiger partial charge is 0.414 e. The zero-order valence-corrected chi connectivity index (χ0v) is 12.5. The molecular weight excluding hydrogens is 242 g/mol. The maximum absolute atomic E-state index is 11.9. The second-order valence-corrected chi connectivity index (χ2v) is 6.15. The molecule has 0 aromatic heterocycles. The standard InChI is InChI=1S/C15H23NO3/c1-14(2,3)19-13(17)16(6)12-9-7-11(8-10-12)15(4,5)18/h7-10,18H,1-6H3. The highest BCUT2D eigenvalue weighted by Crippen LogP contribution is 2.23. The minimum atomic E-state index is -0.886. The van der Waals surface area contributed by atoms with Crippen molar-refractivity contribution in [3.05, 3.63) is 29.8 Å². The van der Waals surface area contributed by atoms with Crippen LogP contribution in [0.5, 0.6) is 0 Å². The van der Waals surface area contributed by atoms with Crippen LogP contribution < -0.4 is 4.90 Å². The number of rotatable bonds is 2. The fourth-order valence-corrected chi connectivity index (χ4v) is 1.53. The van der Waals surface area contributed by atoms with E-state index >= 15 is 0 Å². The third kappa shape index (κ3) is 4.56. The van der Waals surface area contributed by atoms with Gasteiger partial charge in [0, 0.05) is 12.7 Å². The summed E-state index contributed by atoms with van der Waals surface area (Å²) < 4.78 is 5.29. The van der Waals surface area contributed by atoms with E-state index in [2.05, 4.69) is 0 Å². The van der Waals surface area contributed by atoms with Gasteiger partial charge in [-0.25, -0.2) is 4.79 Å². The zero-order chi connectivity index (χ0) is 14.8. The molecule has 4 nitrogen and oxygen atoms in total. The van der Waals surface area contributed by atoms with E-state index in [4.69, 9.17) is 4.74 Å². The van der Waals surface area contributed by atoms with E-state index in [-0.39, 0.29) is 0 Å². The number of nitrogens with zero attached hydrogens (tertiary/aromatic N) is 1. The fraction of sp³-hybridized carbons (Fsp3) is 0.533. The molecule has 0 aliphatic heterocycles. The van der Waals surface area contributed by atoms with Crippen molar-refractivity contribution in [2.75, 3.05) is 11.9 Å². The Hall–Kier alpha value is -1.55. The molecule has 19 heavy (non-hydrogen) atoms. The van der Waals surface area contributed by atoms with Gasteiger partial charge in [-0.2, -0.15) is 0 Å². The van der Waals surface area contributed by atoms with Crippen LogP contribution in [0.1, 0.15) is 40.2 Å². The average Bonchev–Trinajstić information content (AvgIpc) is 2.24. The number of anilines is 1. The Bertz CT molecular complexity index is 438. The normalized spacial score (nSPS) is 12.2. The topological polar surface area (TPSA) is 49.8 Å². The molecule has 0 fully saturated rings. The molecule has 0 radical (unpaired) electrons. The molecule has 0 saturated carbocycles. The maximum Gasteiger partial charge on any atom is 0.414 e. The lowest BCUT2D eigenvalue weighted by molar-refractivity contribution is 0.0589. The third-order valence-electron chi connectivity index (χ3n) is 2.63. The molecule has 0 unspecified atom stereocenters. The van der Waals surface area contributed by atoms with E-state index in [0.717, 1.165) is 11.3 Å². The number of benzene rings is 1. The predicted molar refractivity (Wildman–Crippen MR) is 76.3 cm³/mol. The highest BCUT2D eigenvalue weighted by atomic mass is 16.6. The lowest BCUT2D eigenvalue weighted by Crippen LogP contribution is -2.34. The van der Waals surface area contributed by atoms with Gasteiger partial charge in [0.05, 0.1) is 5.60 Å². The van der Waals surface area contributed by atoms with Crippen LogP contribution in [-0.2, 0) is 10.3 Å². The second kappa shape index (κ2) is 5.21. The van der Waals surface area contributed by atoms with E-state index in [0.29, 0.717) is 0 Å². The van der Waals surface area contributed by atoms with Gasteiger partial charge in [0.1, 0.15) is 5.60 Å². The molecule has 0 aliphatic rings. The molecule has 106 valence electrons. The van der Waals surface area contributed by atoms with E-state index in [1.54, 1.807) is 45.2 Å². The first-order valence-electron chi connectivity index (χ1n) is 6.30. The number of carbonyl (C=O) groups excluding carboxylic acids is 1. The van der Waals surface area contributed by atoms with Crippen LogP contribution in [0, 0.1) is 0 Å². The monoisotopic (exact) mass is 265 g/mol. The van der Waals surface area contributed by atoms with Crippen LogP contribution in [0.25, 0.3) is 0 Å². The van der Waals surface area contributed by atoms with Crippen LogP contribution >= 0.6 is 0 Å². The Morgan fingerprint density at radius 3 is 1.95 bits per heavy atom. The SMILES string of the molecule is CN(C(=O)OC(C)(C)C)c1ccc(C(C)(C)O)cc1. The number of amides is 1. The van der Waals surface area contributed by atoms with E-state index in [9.17, 15) is 9.90 Å². The predicted octanol–water partition coefficient (Wildman–Crippen LogP) is 3.29. The summed E-state index contributed by atoms with van der Waals surface area (Å²) in [6.07, 6.45) is -0.400. The largest absolute Gasteiger partial charge is 0.443 e. The Kier molecular flexibility index (Phi) is 4.25. The summed E-state index contributed by atoms with van der Waals surface area (Å²) in [6, 6.07) is 7.18. The average molecular weight is 265 g/mol. The van der Waals surface area contributed by atoms with Gasteiger partial charge in [-0.3, -0.25) is 4.90 Å². The summed E-state index contributed by atoms with van der Waals surface area (Å²) in [4.78, 5) is 13.3. The number of aliphatic hydroxyl groups is 1. The summed E-state index contributed by atoms with van der Waals surface area (Å²) in [5, 5.41) is 9.88. The van der Waals surface area contributed by atoms with Gasteiger partial charge in [0.25, 0.3) is 0 Å². The summed E-state index contributed by atoms with van der Waals surface area (Å²) >= 11 is 0. The third-order valence-corrected chi connectivity index (χ3v) is 2.63. The van der Waals surface area contributed by atoms with Crippen molar-refractivity contribution in [3.8, 4) is 0 Å². The molecule has 0 atom stereocenters. The van der Waals surface area contributed by atoms with Crippen molar-refractivity contribution in [1.29, 1.82) is 0 Å². The van der Waals surface area contributed by atoms with Gasteiger partial charge < -0.3 is 9.84 Å². The van der Waals surface area contributed by atoms with Gasteiger partial charge in [-0.15, -0.1) is 0 Å². The first-order chi connectivity index (χ1) is 8.50. The summed E-state index contributed by atoms with van der Waals surface area (Å²) in [6.45, 7) is 8.93. The highest BCUT2D eigenvalue weighted by Gasteiger charge is 2.21. The molecular formula is C15H23NO3. The van der Waals surface area contributed by atoms with Gasteiger partial charge >= 0.3 is 6.09 Å². The summed E-state index contributed by atoms with van der Waals surface area (Å²) in [5.74, 6) is 0. The van der Waals surface area contributed by atoms with Gasteiger partial charge in [-0.1, -0.05) is 12.1 Å². The highest BCUT2D eigenvalue weighted by molar-refractivity contribution is 5.87.